The van der Waals surface area contributed by atoms with E-state index in [1.807, 2.05) is 0 Å². The van der Waals surface area contributed by atoms with Crippen molar-refractivity contribution in [3.05, 3.63) is 57.6 Å². The predicted molar refractivity (Wildman–Crippen MR) is 117 cm³/mol. The van der Waals surface area contributed by atoms with Crippen LogP contribution in [0.25, 0.3) is 0 Å². The Morgan fingerprint density at radius 3 is 1.50 bits per heavy atom. The Morgan fingerprint density at radius 2 is 1.08 bits per heavy atom. The standard InChI is InChI=1S/C25H37N/c1-16-12-17(2)23(19(4)18(16)3)26(11)22-14-20(24(5,6)7)13-21(15-22)25(8,9)10/h12-15H,1-11H3. The van der Waals surface area contributed by atoms with E-state index in [0.717, 1.165) is 0 Å². The SMILES string of the molecule is Cc1cc(C)c(N(C)c2cc(C(C)(C)C)cc(C(C)(C)C)c2)c(C)c1C. The van der Waals surface area contributed by atoms with E-state index in [1.165, 1.54) is 44.8 Å². The van der Waals surface area contributed by atoms with Gasteiger partial charge in [0.15, 0.2) is 0 Å². The number of benzene rings is 2. The first-order valence-corrected chi connectivity index (χ1v) is 9.70. The molecule has 0 saturated carbocycles. The summed E-state index contributed by atoms with van der Waals surface area (Å²) >= 11 is 0. The van der Waals surface area contributed by atoms with Crippen LogP contribution in [0.2, 0.25) is 0 Å². The molecule has 0 aliphatic carbocycles. The van der Waals surface area contributed by atoms with Gasteiger partial charge in [0, 0.05) is 18.4 Å². The van der Waals surface area contributed by atoms with Gasteiger partial charge in [-0.2, -0.15) is 0 Å². The third kappa shape index (κ3) is 3.98. The van der Waals surface area contributed by atoms with E-state index in [0.29, 0.717) is 0 Å². The molecule has 0 unspecified atom stereocenters. The Morgan fingerprint density at radius 1 is 0.615 bits per heavy atom. The van der Waals surface area contributed by atoms with Gasteiger partial charge in [0.2, 0.25) is 0 Å². The van der Waals surface area contributed by atoms with Crippen LogP contribution in [-0.2, 0) is 10.8 Å². The van der Waals surface area contributed by atoms with Crippen molar-refractivity contribution in [1.29, 1.82) is 0 Å². The van der Waals surface area contributed by atoms with Crippen LogP contribution >= 0.6 is 0 Å². The lowest BCUT2D eigenvalue weighted by molar-refractivity contribution is 0.568. The van der Waals surface area contributed by atoms with Crippen molar-refractivity contribution in [2.45, 2.75) is 80.1 Å². The molecule has 2 aromatic rings. The molecule has 0 atom stereocenters. The highest BCUT2D eigenvalue weighted by atomic mass is 15.1. The van der Waals surface area contributed by atoms with Crippen LogP contribution < -0.4 is 4.90 Å². The normalized spacial score (nSPS) is 12.4. The fourth-order valence-corrected chi connectivity index (χ4v) is 3.59. The van der Waals surface area contributed by atoms with Crippen molar-refractivity contribution >= 4 is 11.4 Å². The van der Waals surface area contributed by atoms with Crippen LogP contribution in [0.1, 0.15) is 74.9 Å². The van der Waals surface area contributed by atoms with Crippen molar-refractivity contribution < 1.29 is 0 Å². The Hall–Kier alpha value is -1.76. The van der Waals surface area contributed by atoms with Gasteiger partial charge < -0.3 is 4.90 Å². The lowest BCUT2D eigenvalue weighted by atomic mass is 9.80. The Balaban J connectivity index is 2.70. The Labute approximate surface area is 161 Å². The van der Waals surface area contributed by atoms with Gasteiger partial charge in [-0.15, -0.1) is 0 Å². The summed E-state index contributed by atoms with van der Waals surface area (Å²) in [7, 11) is 2.21. The molecule has 0 aliphatic heterocycles. The molecular weight excluding hydrogens is 314 g/mol. The lowest BCUT2D eigenvalue weighted by Crippen LogP contribution is -2.20. The molecule has 0 radical (unpaired) electrons. The van der Waals surface area contributed by atoms with Gasteiger partial charge in [-0.25, -0.2) is 0 Å². The fraction of sp³-hybridized carbons (Fsp3) is 0.520. The molecule has 1 heteroatoms. The summed E-state index contributed by atoms with van der Waals surface area (Å²) in [5.41, 5.74) is 11.1. The fourth-order valence-electron chi connectivity index (χ4n) is 3.59. The Bertz CT molecular complexity index is 781. The number of hydrogen-bond acceptors (Lipinski definition) is 1. The third-order valence-electron chi connectivity index (χ3n) is 5.69. The second kappa shape index (κ2) is 6.76. The maximum atomic E-state index is 2.39. The molecular formula is C25H37N. The van der Waals surface area contributed by atoms with Crippen LogP contribution in [-0.4, -0.2) is 7.05 Å². The molecule has 0 N–H and O–H groups in total. The van der Waals surface area contributed by atoms with E-state index >= 15 is 0 Å². The second-order valence-corrected chi connectivity index (χ2v) is 9.94. The van der Waals surface area contributed by atoms with Gasteiger partial charge in [0.1, 0.15) is 0 Å². The second-order valence-electron chi connectivity index (χ2n) is 9.94. The zero-order valence-corrected chi connectivity index (χ0v) is 18.8. The van der Waals surface area contributed by atoms with Gasteiger partial charge in [-0.3, -0.25) is 0 Å². The molecule has 0 heterocycles. The highest BCUT2D eigenvalue weighted by Gasteiger charge is 2.22. The van der Waals surface area contributed by atoms with Crippen LogP contribution in [0.15, 0.2) is 24.3 Å². The summed E-state index contributed by atoms with van der Waals surface area (Å²) in [4.78, 5) is 2.38. The van der Waals surface area contributed by atoms with Crippen LogP contribution in [0, 0.1) is 27.7 Å². The summed E-state index contributed by atoms with van der Waals surface area (Å²) in [5, 5.41) is 0. The highest BCUT2D eigenvalue weighted by molar-refractivity contribution is 5.72. The zero-order chi connectivity index (χ0) is 20.0. The van der Waals surface area contributed by atoms with E-state index in [2.05, 4.69) is 105 Å². The van der Waals surface area contributed by atoms with Crippen molar-refractivity contribution in [2.75, 3.05) is 11.9 Å². The molecule has 1 nitrogen and oxygen atoms in total. The average molecular weight is 352 g/mol. The van der Waals surface area contributed by atoms with E-state index in [4.69, 9.17) is 0 Å². The van der Waals surface area contributed by atoms with Gasteiger partial charge in [0.05, 0.1) is 0 Å². The number of rotatable bonds is 2. The zero-order valence-electron chi connectivity index (χ0n) is 18.8. The minimum Gasteiger partial charge on any atom is -0.344 e. The molecule has 26 heavy (non-hydrogen) atoms. The third-order valence-corrected chi connectivity index (χ3v) is 5.69. The summed E-state index contributed by atoms with van der Waals surface area (Å²) in [6.07, 6.45) is 0. The molecule has 0 saturated heterocycles. The molecule has 2 rings (SSSR count). The highest BCUT2D eigenvalue weighted by Crippen LogP contribution is 2.38. The Kier molecular flexibility index (Phi) is 5.34. The quantitative estimate of drug-likeness (QED) is 0.549. The molecule has 2 aromatic carbocycles. The molecule has 0 fully saturated rings. The minimum atomic E-state index is 0.129. The van der Waals surface area contributed by atoms with E-state index in [9.17, 15) is 0 Å². The maximum Gasteiger partial charge on any atom is 0.0470 e. The topological polar surface area (TPSA) is 3.24 Å². The smallest absolute Gasteiger partial charge is 0.0470 e. The number of nitrogens with zero attached hydrogens (tertiary/aromatic N) is 1. The number of aryl methyl sites for hydroxylation is 2. The van der Waals surface area contributed by atoms with Gasteiger partial charge in [-0.05, 0) is 84.0 Å². The van der Waals surface area contributed by atoms with Crippen LogP contribution in [0.4, 0.5) is 11.4 Å². The monoisotopic (exact) mass is 351 g/mol. The average Bonchev–Trinajstić information content (AvgIpc) is 2.50. The molecule has 0 aromatic heterocycles. The first kappa shape index (κ1) is 20.6. The first-order chi connectivity index (χ1) is 11.7. The van der Waals surface area contributed by atoms with E-state index < -0.39 is 0 Å². The summed E-state index contributed by atoms with van der Waals surface area (Å²) < 4.78 is 0. The molecule has 142 valence electrons. The van der Waals surface area contributed by atoms with E-state index in [1.54, 1.807) is 0 Å². The summed E-state index contributed by atoms with van der Waals surface area (Å²) in [5.74, 6) is 0. The summed E-state index contributed by atoms with van der Waals surface area (Å²) in [6, 6.07) is 9.43. The summed E-state index contributed by atoms with van der Waals surface area (Å²) in [6.45, 7) is 22.7. The number of anilines is 2. The first-order valence-electron chi connectivity index (χ1n) is 9.70. The van der Waals surface area contributed by atoms with Gasteiger partial charge >= 0.3 is 0 Å². The van der Waals surface area contributed by atoms with Gasteiger partial charge in [-0.1, -0.05) is 53.7 Å². The van der Waals surface area contributed by atoms with Crippen molar-refractivity contribution in [3.8, 4) is 0 Å². The van der Waals surface area contributed by atoms with E-state index in [-0.39, 0.29) is 10.8 Å². The van der Waals surface area contributed by atoms with Crippen molar-refractivity contribution in [1.82, 2.24) is 0 Å². The maximum absolute atomic E-state index is 2.39. The lowest BCUT2D eigenvalue weighted by Gasteiger charge is -2.31. The number of hydrogen-bond donors (Lipinski definition) is 0. The largest absolute Gasteiger partial charge is 0.344 e. The minimum absolute atomic E-state index is 0.129. The molecule has 0 bridgehead atoms. The van der Waals surface area contributed by atoms with Crippen molar-refractivity contribution in [3.63, 3.8) is 0 Å². The molecule has 0 spiro atoms. The predicted octanol–water partition coefficient (Wildman–Crippen LogP) is 7.28. The van der Waals surface area contributed by atoms with Crippen LogP contribution in [0.3, 0.4) is 0 Å². The van der Waals surface area contributed by atoms with Crippen LogP contribution in [0.5, 0.6) is 0 Å². The molecule has 0 amide bonds. The van der Waals surface area contributed by atoms with Crippen molar-refractivity contribution in [2.24, 2.45) is 0 Å². The van der Waals surface area contributed by atoms with Gasteiger partial charge in [0.25, 0.3) is 0 Å². The molecule has 0 aliphatic rings.